The van der Waals surface area contributed by atoms with Gasteiger partial charge in [0.2, 0.25) is 0 Å². The average molecular weight is 288 g/mol. The Kier molecular flexibility index (Phi) is 3.20. The zero-order chi connectivity index (χ0) is 14.2. The molecule has 0 radical (unpaired) electrons. The highest BCUT2D eigenvalue weighted by Crippen LogP contribution is 2.33. The highest BCUT2D eigenvalue weighted by molar-refractivity contribution is 5.97. The third-order valence-corrected chi connectivity index (χ3v) is 4.52. The van der Waals surface area contributed by atoms with E-state index < -0.39 is 0 Å². The largest absolute Gasteiger partial charge is 0.374 e. The second-order valence-electron chi connectivity index (χ2n) is 5.92. The standard InChI is InChI=1S/C15H22N5O/c21-20-14-8-2-1-7-13(14)19(16-20)15(17-9-3-4-10-17)18-11-5-6-12-18/h1-2,7-8,16,21H,3-6,9-12H2/q+1. The van der Waals surface area contributed by atoms with Crippen LogP contribution in [0.3, 0.4) is 0 Å². The molecular formula is C15H22N5O+. The number of rotatable bonds is 0. The van der Waals surface area contributed by atoms with Gasteiger partial charge < -0.3 is 0 Å². The summed E-state index contributed by atoms with van der Waals surface area (Å²) in [7, 11) is 0. The number of hydrogen-bond acceptors (Lipinski definition) is 3. The summed E-state index contributed by atoms with van der Waals surface area (Å²) < 4.78 is 2.44. The second kappa shape index (κ2) is 5.20. The van der Waals surface area contributed by atoms with Gasteiger partial charge >= 0.3 is 5.96 Å². The van der Waals surface area contributed by atoms with Crippen molar-refractivity contribution in [2.45, 2.75) is 25.7 Å². The van der Waals surface area contributed by atoms with E-state index in [-0.39, 0.29) is 0 Å². The third-order valence-electron chi connectivity index (χ3n) is 4.52. The number of hydrazine groups is 2. The van der Waals surface area contributed by atoms with E-state index in [1.165, 1.54) is 31.6 Å². The van der Waals surface area contributed by atoms with Crippen molar-refractivity contribution >= 4 is 17.3 Å². The van der Waals surface area contributed by atoms with Crippen LogP contribution in [0.25, 0.3) is 0 Å². The summed E-state index contributed by atoms with van der Waals surface area (Å²) in [5.74, 6) is 1.19. The van der Waals surface area contributed by atoms with E-state index in [1.54, 1.807) is 0 Å². The van der Waals surface area contributed by atoms with Gasteiger partial charge in [-0.1, -0.05) is 17.7 Å². The Hall–Kier alpha value is -1.79. The number of para-hydroxylation sites is 2. The summed E-state index contributed by atoms with van der Waals surface area (Å²) in [5.41, 5.74) is 4.88. The lowest BCUT2D eigenvalue weighted by atomic mass is 10.2. The molecule has 3 aliphatic heterocycles. The van der Waals surface area contributed by atoms with E-state index >= 15 is 0 Å². The minimum atomic E-state index is 0.799. The van der Waals surface area contributed by atoms with Crippen LogP contribution < -0.4 is 15.7 Å². The van der Waals surface area contributed by atoms with Crippen LogP contribution in [0.5, 0.6) is 0 Å². The quantitative estimate of drug-likeness (QED) is 0.558. The summed E-state index contributed by atoms with van der Waals surface area (Å²) >= 11 is 0. The molecule has 0 aliphatic carbocycles. The first-order valence-corrected chi connectivity index (χ1v) is 7.86. The highest BCUT2D eigenvalue weighted by Gasteiger charge is 2.40. The Labute approximate surface area is 124 Å². The van der Waals surface area contributed by atoms with Crippen molar-refractivity contribution in [3.8, 4) is 0 Å². The van der Waals surface area contributed by atoms with Crippen LogP contribution in [0.1, 0.15) is 25.7 Å². The first-order chi connectivity index (χ1) is 10.3. The number of nitrogens with one attached hydrogen (secondary N) is 1. The second-order valence-corrected chi connectivity index (χ2v) is 5.92. The fourth-order valence-electron chi connectivity index (χ4n) is 3.50. The minimum Gasteiger partial charge on any atom is -0.271 e. The SMILES string of the molecule is ON1NN(C(N2CCCC2)=[N+]2CCCC2)c2ccccc21. The fourth-order valence-corrected chi connectivity index (χ4v) is 3.50. The van der Waals surface area contributed by atoms with E-state index in [1.807, 2.05) is 29.3 Å². The summed E-state index contributed by atoms with van der Waals surface area (Å²) in [6.07, 6.45) is 4.98. The lowest BCUT2D eigenvalue weighted by Gasteiger charge is -2.23. The molecule has 0 unspecified atom stereocenters. The van der Waals surface area contributed by atoms with Crippen molar-refractivity contribution < 1.29 is 9.78 Å². The molecule has 1 aromatic carbocycles. The molecule has 2 N–H and O–H groups in total. The molecule has 0 spiro atoms. The molecule has 3 heterocycles. The maximum absolute atomic E-state index is 10.1. The molecule has 2 fully saturated rings. The fraction of sp³-hybridized carbons (Fsp3) is 0.533. The summed E-state index contributed by atoms with van der Waals surface area (Å²) in [5, 5.41) is 13.3. The molecule has 112 valence electrons. The van der Waals surface area contributed by atoms with Gasteiger partial charge in [0.15, 0.2) is 5.69 Å². The van der Waals surface area contributed by atoms with Gasteiger partial charge in [0.05, 0.1) is 26.2 Å². The Balaban J connectivity index is 1.76. The molecule has 0 atom stereocenters. The normalized spacial score (nSPS) is 21.4. The van der Waals surface area contributed by atoms with Crippen molar-refractivity contribution in [2.24, 2.45) is 0 Å². The number of guanidine groups is 1. The van der Waals surface area contributed by atoms with Crippen molar-refractivity contribution in [3.05, 3.63) is 24.3 Å². The number of anilines is 2. The maximum atomic E-state index is 10.1. The zero-order valence-electron chi connectivity index (χ0n) is 12.2. The topological polar surface area (TPSA) is 45.0 Å². The molecule has 0 bridgehead atoms. The van der Waals surface area contributed by atoms with Gasteiger partial charge in [0.1, 0.15) is 5.69 Å². The first kappa shape index (κ1) is 12.9. The zero-order valence-corrected chi connectivity index (χ0v) is 12.2. The lowest BCUT2D eigenvalue weighted by molar-refractivity contribution is -0.512. The molecule has 1 aromatic rings. The van der Waals surface area contributed by atoms with Crippen molar-refractivity contribution in [1.82, 2.24) is 10.4 Å². The highest BCUT2D eigenvalue weighted by atomic mass is 16.6. The smallest absolute Gasteiger partial charge is 0.271 e. The molecule has 6 nitrogen and oxygen atoms in total. The molecule has 3 aliphatic rings. The van der Waals surface area contributed by atoms with Crippen molar-refractivity contribution in [1.29, 1.82) is 0 Å². The van der Waals surface area contributed by atoms with Gasteiger partial charge in [0.25, 0.3) is 0 Å². The van der Waals surface area contributed by atoms with Gasteiger partial charge in [0, 0.05) is 0 Å². The number of benzene rings is 1. The predicted octanol–water partition coefficient (Wildman–Crippen LogP) is 1.38. The van der Waals surface area contributed by atoms with Crippen molar-refractivity contribution in [3.63, 3.8) is 0 Å². The van der Waals surface area contributed by atoms with E-state index in [4.69, 9.17) is 0 Å². The van der Waals surface area contributed by atoms with Gasteiger partial charge in [-0.15, -0.1) is 5.01 Å². The summed E-state index contributed by atoms with van der Waals surface area (Å²) in [4.78, 5) is 2.44. The van der Waals surface area contributed by atoms with Gasteiger partial charge in [-0.05, 0) is 37.8 Å². The molecule has 21 heavy (non-hydrogen) atoms. The van der Waals surface area contributed by atoms with Crippen LogP contribution >= 0.6 is 0 Å². The molecular weight excluding hydrogens is 266 g/mol. The first-order valence-electron chi connectivity index (χ1n) is 7.86. The molecule has 2 saturated heterocycles. The van der Waals surface area contributed by atoms with Gasteiger partial charge in [-0.3, -0.25) is 14.7 Å². The van der Waals surface area contributed by atoms with E-state index in [0.717, 1.165) is 42.7 Å². The van der Waals surface area contributed by atoms with Crippen LogP contribution in [-0.2, 0) is 0 Å². The van der Waals surface area contributed by atoms with Crippen LogP contribution in [0.2, 0.25) is 0 Å². The Bertz CT molecular complexity index is 559. The molecule has 0 aromatic heterocycles. The predicted molar refractivity (Wildman–Crippen MR) is 81.4 cm³/mol. The molecule has 0 amide bonds. The number of nitrogens with zero attached hydrogens (tertiary/aromatic N) is 4. The van der Waals surface area contributed by atoms with Crippen LogP contribution in [0, 0.1) is 0 Å². The van der Waals surface area contributed by atoms with Gasteiger partial charge in [-0.25, -0.2) is 0 Å². The Morgan fingerprint density at radius 3 is 2.38 bits per heavy atom. The van der Waals surface area contributed by atoms with Crippen LogP contribution in [0.4, 0.5) is 11.4 Å². The number of fused-ring (bicyclic) bond motifs is 1. The number of hydrogen-bond donors (Lipinski definition) is 2. The van der Waals surface area contributed by atoms with Gasteiger partial charge in [-0.2, -0.15) is 5.17 Å². The van der Waals surface area contributed by atoms with E-state index in [2.05, 4.69) is 15.0 Å². The van der Waals surface area contributed by atoms with Crippen LogP contribution in [0.15, 0.2) is 24.3 Å². The Morgan fingerprint density at radius 1 is 1.00 bits per heavy atom. The Morgan fingerprint density at radius 2 is 1.67 bits per heavy atom. The third kappa shape index (κ3) is 2.15. The summed E-state index contributed by atoms with van der Waals surface area (Å²) in [6.45, 7) is 4.38. The monoisotopic (exact) mass is 288 g/mol. The average Bonchev–Trinajstić information content (AvgIpc) is 3.24. The van der Waals surface area contributed by atoms with Crippen LogP contribution in [-0.4, -0.2) is 46.8 Å². The number of likely N-dealkylation sites (tertiary alicyclic amines) is 1. The summed E-state index contributed by atoms with van der Waals surface area (Å²) in [6, 6.07) is 7.93. The molecule has 4 rings (SSSR count). The van der Waals surface area contributed by atoms with Crippen molar-refractivity contribution in [2.75, 3.05) is 36.4 Å². The minimum absolute atomic E-state index is 0.799. The van der Waals surface area contributed by atoms with E-state index in [9.17, 15) is 5.21 Å². The molecule has 6 heteroatoms. The van der Waals surface area contributed by atoms with E-state index in [0.29, 0.717) is 0 Å². The molecule has 0 saturated carbocycles. The maximum Gasteiger partial charge on any atom is 0.374 e. The lowest BCUT2D eigenvalue weighted by Crippen LogP contribution is -2.55.